The quantitative estimate of drug-likeness (QED) is 0.838. The number of benzene rings is 1. The summed E-state index contributed by atoms with van der Waals surface area (Å²) in [6.07, 6.45) is -3.05. The van der Waals surface area contributed by atoms with Crippen molar-refractivity contribution in [2.24, 2.45) is 5.14 Å². The van der Waals surface area contributed by atoms with Crippen LogP contribution < -0.4 is 5.14 Å². The molecule has 2 N–H and O–H groups in total. The summed E-state index contributed by atoms with van der Waals surface area (Å²) in [6, 6.07) is 2.50. The molecule has 1 aromatic rings. The molecule has 0 aliphatic heterocycles. The van der Waals surface area contributed by atoms with Crippen molar-refractivity contribution in [3.8, 4) is 0 Å². The van der Waals surface area contributed by atoms with Crippen LogP contribution in [0.4, 0.5) is 13.2 Å². The van der Waals surface area contributed by atoms with E-state index in [2.05, 4.69) is 0 Å². The number of halogens is 3. The highest BCUT2D eigenvalue weighted by atomic mass is 32.2. The van der Waals surface area contributed by atoms with Gasteiger partial charge in [-0.25, -0.2) is 13.6 Å². The third-order valence-corrected chi connectivity index (χ3v) is 3.37. The maximum Gasteiger partial charge on any atom is 0.416 e. The summed E-state index contributed by atoms with van der Waals surface area (Å²) >= 11 is 1.01. The van der Waals surface area contributed by atoms with Gasteiger partial charge in [-0.15, -0.1) is 11.8 Å². The molecule has 0 fully saturated rings. The molecule has 16 heavy (non-hydrogen) atoms. The fourth-order valence-electron chi connectivity index (χ4n) is 1.02. The molecule has 0 unspecified atom stereocenters. The smallest absolute Gasteiger partial charge is 0.225 e. The average molecular weight is 271 g/mol. The van der Waals surface area contributed by atoms with Crippen LogP contribution >= 0.6 is 11.8 Å². The van der Waals surface area contributed by atoms with Gasteiger partial charge in [0.2, 0.25) is 10.0 Å². The maximum absolute atomic E-state index is 12.4. The van der Waals surface area contributed by atoms with Crippen LogP contribution in [0.25, 0.3) is 0 Å². The van der Waals surface area contributed by atoms with Gasteiger partial charge in [0.25, 0.3) is 0 Å². The Kier molecular flexibility index (Phi) is 3.56. The third-order valence-electron chi connectivity index (χ3n) is 1.77. The molecule has 90 valence electrons. The first kappa shape index (κ1) is 13.3. The molecule has 8 heteroatoms. The van der Waals surface area contributed by atoms with Gasteiger partial charge in [-0.05, 0) is 24.5 Å². The first-order chi connectivity index (χ1) is 7.14. The molecule has 1 rings (SSSR count). The van der Waals surface area contributed by atoms with Gasteiger partial charge in [0, 0.05) is 4.90 Å². The highest BCUT2D eigenvalue weighted by Gasteiger charge is 2.32. The van der Waals surface area contributed by atoms with Crippen molar-refractivity contribution in [3.05, 3.63) is 23.8 Å². The van der Waals surface area contributed by atoms with Gasteiger partial charge >= 0.3 is 6.18 Å². The Balaban J connectivity index is 3.45. The summed E-state index contributed by atoms with van der Waals surface area (Å²) in [7, 11) is -4.13. The lowest BCUT2D eigenvalue weighted by Gasteiger charge is -2.10. The summed E-state index contributed by atoms with van der Waals surface area (Å²) in [4.78, 5) is -0.342. The molecule has 0 radical (unpaired) electrons. The minimum atomic E-state index is -4.59. The summed E-state index contributed by atoms with van der Waals surface area (Å²) < 4.78 is 59.2. The monoisotopic (exact) mass is 271 g/mol. The Morgan fingerprint density at radius 1 is 1.25 bits per heavy atom. The standard InChI is InChI=1S/C8H8F3NO2S2/c1-15-6-2-5(8(9,10)11)3-7(4-6)16(12,13)14/h2-4H,1H3,(H2,12,13,14). The topological polar surface area (TPSA) is 60.2 Å². The molecule has 0 spiro atoms. The van der Waals surface area contributed by atoms with E-state index in [1.165, 1.54) is 0 Å². The molecule has 0 aliphatic carbocycles. The molecule has 0 aromatic heterocycles. The van der Waals surface area contributed by atoms with Gasteiger partial charge in [-0.1, -0.05) is 0 Å². The Bertz CT molecular complexity index is 496. The molecular weight excluding hydrogens is 263 g/mol. The molecule has 0 aliphatic rings. The summed E-state index contributed by atoms with van der Waals surface area (Å²) in [5.41, 5.74) is -1.02. The number of hydrogen-bond acceptors (Lipinski definition) is 3. The first-order valence-electron chi connectivity index (χ1n) is 3.93. The zero-order chi connectivity index (χ0) is 12.6. The van der Waals surface area contributed by atoms with Gasteiger partial charge in [0.1, 0.15) is 0 Å². The van der Waals surface area contributed by atoms with Crippen molar-refractivity contribution in [3.63, 3.8) is 0 Å². The second-order valence-corrected chi connectivity index (χ2v) is 5.38. The van der Waals surface area contributed by atoms with E-state index in [-0.39, 0.29) is 4.90 Å². The number of nitrogens with two attached hydrogens (primary N) is 1. The lowest BCUT2D eigenvalue weighted by molar-refractivity contribution is -0.137. The molecule has 0 heterocycles. The summed E-state index contributed by atoms with van der Waals surface area (Å²) in [6.45, 7) is 0. The number of alkyl halides is 3. The van der Waals surface area contributed by atoms with Crippen molar-refractivity contribution in [1.82, 2.24) is 0 Å². The van der Waals surface area contributed by atoms with Crippen LogP contribution in [0.1, 0.15) is 5.56 Å². The summed E-state index contributed by atoms with van der Waals surface area (Å²) in [5.74, 6) is 0. The lowest BCUT2D eigenvalue weighted by atomic mass is 10.2. The van der Waals surface area contributed by atoms with Crippen LogP contribution in [0.5, 0.6) is 0 Å². The SMILES string of the molecule is CSc1cc(C(F)(F)F)cc(S(N)(=O)=O)c1. The minimum absolute atomic E-state index is 0.193. The zero-order valence-electron chi connectivity index (χ0n) is 8.08. The highest BCUT2D eigenvalue weighted by molar-refractivity contribution is 7.98. The number of sulfonamides is 1. The van der Waals surface area contributed by atoms with E-state index < -0.39 is 26.7 Å². The van der Waals surface area contributed by atoms with E-state index in [1.807, 2.05) is 0 Å². The molecule has 1 aromatic carbocycles. The Labute approximate surface area is 94.9 Å². The van der Waals surface area contributed by atoms with E-state index in [0.717, 1.165) is 23.9 Å². The normalized spacial score (nSPS) is 12.8. The molecule has 0 saturated carbocycles. The van der Waals surface area contributed by atoms with Crippen LogP contribution in [0.2, 0.25) is 0 Å². The number of rotatable bonds is 2. The second kappa shape index (κ2) is 4.27. The molecule has 0 atom stereocenters. The predicted octanol–water partition coefficient (Wildman–Crippen LogP) is 2.07. The van der Waals surface area contributed by atoms with E-state index in [0.29, 0.717) is 6.07 Å². The molecule has 3 nitrogen and oxygen atoms in total. The van der Waals surface area contributed by atoms with Crippen LogP contribution in [0.15, 0.2) is 28.0 Å². The van der Waals surface area contributed by atoms with Gasteiger partial charge in [0.15, 0.2) is 0 Å². The van der Waals surface area contributed by atoms with Crippen LogP contribution in [0.3, 0.4) is 0 Å². The Morgan fingerprint density at radius 3 is 2.19 bits per heavy atom. The Hall–Kier alpha value is -0.730. The lowest BCUT2D eigenvalue weighted by Crippen LogP contribution is -2.14. The number of hydrogen-bond donors (Lipinski definition) is 1. The second-order valence-electron chi connectivity index (χ2n) is 2.94. The van der Waals surface area contributed by atoms with Crippen molar-refractivity contribution < 1.29 is 21.6 Å². The van der Waals surface area contributed by atoms with Crippen molar-refractivity contribution in [2.45, 2.75) is 16.0 Å². The van der Waals surface area contributed by atoms with Gasteiger partial charge in [0.05, 0.1) is 10.5 Å². The number of primary sulfonamides is 1. The average Bonchev–Trinajstić information content (AvgIpc) is 2.14. The third kappa shape index (κ3) is 3.13. The number of thioether (sulfide) groups is 1. The summed E-state index contributed by atoms with van der Waals surface area (Å²) in [5, 5.41) is 4.79. The predicted molar refractivity (Wildman–Crippen MR) is 54.6 cm³/mol. The van der Waals surface area contributed by atoms with Crippen LogP contribution in [0, 0.1) is 0 Å². The van der Waals surface area contributed by atoms with Crippen molar-refractivity contribution in [1.29, 1.82) is 0 Å². The van der Waals surface area contributed by atoms with Gasteiger partial charge < -0.3 is 0 Å². The Morgan fingerprint density at radius 2 is 1.81 bits per heavy atom. The molecular formula is C8H8F3NO2S2. The molecule has 0 bridgehead atoms. The van der Waals surface area contributed by atoms with Crippen LogP contribution in [-0.4, -0.2) is 14.7 Å². The molecule has 0 saturated heterocycles. The largest absolute Gasteiger partial charge is 0.416 e. The van der Waals surface area contributed by atoms with Crippen molar-refractivity contribution >= 4 is 21.8 Å². The van der Waals surface area contributed by atoms with E-state index in [9.17, 15) is 21.6 Å². The first-order valence-corrected chi connectivity index (χ1v) is 6.71. The van der Waals surface area contributed by atoms with E-state index in [4.69, 9.17) is 5.14 Å². The molecule has 0 amide bonds. The van der Waals surface area contributed by atoms with Crippen molar-refractivity contribution in [2.75, 3.05) is 6.26 Å². The maximum atomic E-state index is 12.4. The highest BCUT2D eigenvalue weighted by Crippen LogP contribution is 2.33. The van der Waals surface area contributed by atoms with E-state index in [1.54, 1.807) is 6.26 Å². The van der Waals surface area contributed by atoms with E-state index >= 15 is 0 Å². The fourth-order valence-corrected chi connectivity index (χ4v) is 2.16. The van der Waals surface area contributed by atoms with Gasteiger partial charge in [-0.3, -0.25) is 0 Å². The van der Waals surface area contributed by atoms with Crippen LogP contribution in [-0.2, 0) is 16.2 Å². The fraction of sp³-hybridized carbons (Fsp3) is 0.250. The minimum Gasteiger partial charge on any atom is -0.225 e. The van der Waals surface area contributed by atoms with Gasteiger partial charge in [-0.2, -0.15) is 13.2 Å². The zero-order valence-corrected chi connectivity index (χ0v) is 9.71.